The minimum absolute atomic E-state index is 0.0264. The number of carbonyl (C=O) groups is 3. The maximum Gasteiger partial charge on any atom is 0.407 e. The van der Waals surface area contributed by atoms with Gasteiger partial charge in [-0.25, -0.2) is 4.79 Å². The van der Waals surface area contributed by atoms with Gasteiger partial charge in [-0.1, -0.05) is 48.5 Å². The molecule has 7 nitrogen and oxygen atoms in total. The topological polar surface area (TPSA) is 105 Å². The Morgan fingerprint density at radius 2 is 1.61 bits per heavy atom. The zero-order valence-electron chi connectivity index (χ0n) is 19.0. The van der Waals surface area contributed by atoms with Crippen LogP contribution in [-0.2, 0) is 14.3 Å². The first-order valence-electron chi connectivity index (χ1n) is 11.3. The van der Waals surface area contributed by atoms with Gasteiger partial charge in [0, 0.05) is 17.9 Å². The smallest absolute Gasteiger partial charge is 0.407 e. The van der Waals surface area contributed by atoms with Crippen LogP contribution in [0.5, 0.6) is 0 Å². The fourth-order valence-electron chi connectivity index (χ4n) is 4.94. The highest BCUT2D eigenvalue weighted by molar-refractivity contribution is 5.81. The quantitative estimate of drug-likeness (QED) is 0.559. The number of rotatable bonds is 8. The molecule has 0 saturated heterocycles. The van der Waals surface area contributed by atoms with E-state index in [2.05, 4.69) is 34.9 Å². The molecule has 2 aromatic rings. The summed E-state index contributed by atoms with van der Waals surface area (Å²) in [4.78, 5) is 36.3. The van der Waals surface area contributed by atoms with Crippen LogP contribution < -0.4 is 10.6 Å². The number of hydrogen-bond acceptors (Lipinski definition) is 4. The Bertz CT molecular complexity index is 1030. The van der Waals surface area contributed by atoms with E-state index >= 15 is 0 Å². The number of nitrogens with one attached hydrogen (secondary N) is 2. The summed E-state index contributed by atoms with van der Waals surface area (Å²) in [6.07, 6.45) is 1.57. The van der Waals surface area contributed by atoms with E-state index in [9.17, 15) is 14.4 Å². The second-order valence-electron chi connectivity index (χ2n) is 9.76. The van der Waals surface area contributed by atoms with Crippen LogP contribution in [0.15, 0.2) is 48.5 Å². The zero-order valence-corrected chi connectivity index (χ0v) is 19.0. The lowest BCUT2D eigenvalue weighted by Crippen LogP contribution is -2.57. The Labute approximate surface area is 193 Å². The Balaban J connectivity index is 1.33. The van der Waals surface area contributed by atoms with Crippen LogP contribution in [0.4, 0.5) is 4.79 Å². The van der Waals surface area contributed by atoms with Gasteiger partial charge in [0.1, 0.15) is 6.61 Å². The number of benzene rings is 2. The molecule has 1 saturated carbocycles. The molecule has 3 N–H and O–H groups in total. The van der Waals surface area contributed by atoms with Crippen molar-refractivity contribution in [3.63, 3.8) is 0 Å². The fraction of sp³-hybridized carbons (Fsp3) is 0.423. The Kier molecular flexibility index (Phi) is 6.15. The molecule has 174 valence electrons. The number of fused-ring (bicyclic) bond motifs is 3. The van der Waals surface area contributed by atoms with E-state index in [1.165, 1.54) is 0 Å². The summed E-state index contributed by atoms with van der Waals surface area (Å²) >= 11 is 0. The first-order chi connectivity index (χ1) is 15.7. The molecule has 2 aliphatic carbocycles. The van der Waals surface area contributed by atoms with Crippen LogP contribution >= 0.6 is 0 Å². The van der Waals surface area contributed by atoms with Crippen molar-refractivity contribution in [3.05, 3.63) is 59.7 Å². The van der Waals surface area contributed by atoms with E-state index in [1.54, 1.807) is 13.8 Å². The van der Waals surface area contributed by atoms with Crippen LogP contribution in [0.25, 0.3) is 11.1 Å². The highest BCUT2D eigenvalue weighted by Gasteiger charge is 2.41. The van der Waals surface area contributed by atoms with Crippen LogP contribution in [-0.4, -0.2) is 40.8 Å². The van der Waals surface area contributed by atoms with E-state index in [1.807, 2.05) is 24.3 Å². The maximum atomic E-state index is 12.6. The third-order valence-corrected chi connectivity index (χ3v) is 6.59. The molecule has 0 aliphatic heterocycles. The number of carbonyl (C=O) groups excluding carboxylic acids is 2. The van der Waals surface area contributed by atoms with Crippen molar-refractivity contribution in [2.45, 2.75) is 62.9 Å². The van der Waals surface area contributed by atoms with Gasteiger partial charge in [0.05, 0.1) is 12.0 Å². The van der Waals surface area contributed by atoms with E-state index in [0.29, 0.717) is 12.8 Å². The Hall–Kier alpha value is -3.35. The first kappa shape index (κ1) is 22.8. The molecule has 2 aliphatic rings. The van der Waals surface area contributed by atoms with Crippen molar-refractivity contribution in [3.8, 4) is 11.1 Å². The fourth-order valence-corrected chi connectivity index (χ4v) is 4.94. The van der Waals surface area contributed by atoms with Crippen LogP contribution in [0, 0.1) is 0 Å². The predicted octanol–water partition coefficient (Wildman–Crippen LogP) is 4.21. The predicted molar refractivity (Wildman–Crippen MR) is 124 cm³/mol. The van der Waals surface area contributed by atoms with Gasteiger partial charge in [-0.15, -0.1) is 0 Å². The lowest BCUT2D eigenvalue weighted by Gasteiger charge is -2.42. The van der Waals surface area contributed by atoms with Gasteiger partial charge >= 0.3 is 12.1 Å². The molecule has 0 heterocycles. The first-order valence-corrected chi connectivity index (χ1v) is 11.3. The number of amides is 2. The summed E-state index contributed by atoms with van der Waals surface area (Å²) in [6, 6.07) is 16.3. The molecule has 0 spiro atoms. The van der Waals surface area contributed by atoms with Gasteiger partial charge in [0.25, 0.3) is 0 Å². The number of alkyl carbamates (subject to hydrolysis) is 1. The summed E-state index contributed by atoms with van der Waals surface area (Å²) in [7, 11) is 0. The molecule has 0 bridgehead atoms. The lowest BCUT2D eigenvalue weighted by molar-refractivity contribution is -0.140. The summed E-state index contributed by atoms with van der Waals surface area (Å²) in [5.74, 6) is -1.24. The van der Waals surface area contributed by atoms with E-state index in [4.69, 9.17) is 9.84 Å². The molecule has 0 radical (unpaired) electrons. The minimum atomic E-state index is -0.925. The molecule has 0 aromatic heterocycles. The summed E-state index contributed by atoms with van der Waals surface area (Å²) in [6.45, 7) is 3.70. The van der Waals surface area contributed by atoms with Crippen molar-refractivity contribution in [2.24, 2.45) is 0 Å². The number of aliphatic carboxylic acids is 1. The third-order valence-electron chi connectivity index (χ3n) is 6.59. The highest BCUT2D eigenvalue weighted by atomic mass is 16.5. The van der Waals surface area contributed by atoms with Gasteiger partial charge in [-0.05, 0) is 55.4 Å². The molecule has 7 heteroatoms. The molecule has 33 heavy (non-hydrogen) atoms. The number of carboxylic acids is 1. The van der Waals surface area contributed by atoms with E-state index < -0.39 is 23.1 Å². The van der Waals surface area contributed by atoms with Crippen molar-refractivity contribution in [1.29, 1.82) is 0 Å². The van der Waals surface area contributed by atoms with E-state index in [0.717, 1.165) is 28.7 Å². The molecule has 4 rings (SSSR count). The van der Waals surface area contributed by atoms with Gasteiger partial charge < -0.3 is 20.5 Å². The number of hydrogen-bond donors (Lipinski definition) is 3. The second kappa shape index (κ2) is 8.89. The normalized spacial score (nSPS) is 16.2. The number of ether oxygens (including phenoxy) is 1. The van der Waals surface area contributed by atoms with Crippen molar-refractivity contribution < 1.29 is 24.2 Å². The standard InChI is InChI=1S/C26H30N2O5/c1-25(2,14-22(29)27-26(12-7-13-26)15-23(30)31)28-24(32)33-16-21-19-10-5-3-8-17(19)18-9-4-6-11-20(18)21/h3-6,8-11,21H,7,12-16H2,1-2H3,(H,27,29)(H,28,32)(H,30,31). The monoisotopic (exact) mass is 450 g/mol. The SMILES string of the molecule is CC(C)(CC(=O)NC1(CC(=O)O)CCC1)NC(=O)OCC1c2ccccc2-c2ccccc21. The summed E-state index contributed by atoms with van der Waals surface area (Å²) in [5.41, 5.74) is 3.07. The lowest BCUT2D eigenvalue weighted by atomic mass is 9.74. The van der Waals surface area contributed by atoms with Gasteiger partial charge in [-0.3, -0.25) is 9.59 Å². The van der Waals surface area contributed by atoms with E-state index in [-0.39, 0.29) is 31.3 Å². The Morgan fingerprint density at radius 3 is 2.12 bits per heavy atom. The largest absolute Gasteiger partial charge is 0.481 e. The molecular formula is C26H30N2O5. The van der Waals surface area contributed by atoms with Crippen molar-refractivity contribution >= 4 is 18.0 Å². The molecule has 0 atom stereocenters. The third kappa shape index (κ3) is 5.02. The van der Waals surface area contributed by atoms with Gasteiger partial charge in [-0.2, -0.15) is 0 Å². The summed E-state index contributed by atoms with van der Waals surface area (Å²) in [5, 5.41) is 14.8. The zero-order chi connectivity index (χ0) is 23.6. The molecular weight excluding hydrogens is 420 g/mol. The molecule has 0 unspecified atom stereocenters. The highest BCUT2D eigenvalue weighted by Crippen LogP contribution is 2.44. The summed E-state index contributed by atoms with van der Waals surface area (Å²) < 4.78 is 5.58. The van der Waals surface area contributed by atoms with Crippen LogP contribution in [0.3, 0.4) is 0 Å². The average Bonchev–Trinajstić information content (AvgIpc) is 3.03. The molecule has 2 amide bonds. The van der Waals surface area contributed by atoms with Crippen molar-refractivity contribution in [2.75, 3.05) is 6.61 Å². The molecule has 1 fully saturated rings. The Morgan fingerprint density at radius 1 is 1.03 bits per heavy atom. The van der Waals surface area contributed by atoms with Gasteiger partial charge in [0.15, 0.2) is 0 Å². The van der Waals surface area contributed by atoms with Crippen molar-refractivity contribution in [1.82, 2.24) is 10.6 Å². The number of carboxylic acid groups (broad SMARTS) is 1. The van der Waals surface area contributed by atoms with Gasteiger partial charge in [0.2, 0.25) is 5.91 Å². The van der Waals surface area contributed by atoms with Crippen LogP contribution in [0.1, 0.15) is 63.0 Å². The maximum absolute atomic E-state index is 12.6. The second-order valence-corrected chi connectivity index (χ2v) is 9.76. The molecule has 2 aromatic carbocycles. The van der Waals surface area contributed by atoms with Crippen LogP contribution in [0.2, 0.25) is 0 Å². The average molecular weight is 451 g/mol. The minimum Gasteiger partial charge on any atom is -0.481 e.